The van der Waals surface area contributed by atoms with Gasteiger partial charge in [0.1, 0.15) is 4.83 Å². The van der Waals surface area contributed by atoms with Gasteiger partial charge in [0.15, 0.2) is 0 Å². The number of anilines is 1. The van der Waals surface area contributed by atoms with Gasteiger partial charge in [-0.1, -0.05) is 0 Å². The van der Waals surface area contributed by atoms with Crippen LogP contribution in [0.5, 0.6) is 0 Å². The molecular weight excluding hydrogens is 250 g/mol. The monoisotopic (exact) mass is 265 g/mol. The van der Waals surface area contributed by atoms with Gasteiger partial charge in [-0.05, 0) is 19.4 Å². The van der Waals surface area contributed by atoms with Crippen LogP contribution in [0.1, 0.15) is 10.4 Å². The van der Waals surface area contributed by atoms with Crippen molar-refractivity contribution >= 4 is 27.5 Å². The van der Waals surface area contributed by atoms with E-state index in [2.05, 4.69) is 14.9 Å². The van der Waals surface area contributed by atoms with Crippen LogP contribution in [0.25, 0.3) is 10.2 Å². The number of morpholine rings is 1. The fraction of sp³-hybridized carbons (Fsp3) is 0.500. The van der Waals surface area contributed by atoms with Gasteiger partial charge in [0.25, 0.3) is 5.56 Å². The first-order chi connectivity index (χ1) is 8.66. The Morgan fingerprint density at radius 2 is 2.06 bits per heavy atom. The van der Waals surface area contributed by atoms with Gasteiger partial charge < -0.3 is 9.64 Å². The lowest BCUT2D eigenvalue weighted by molar-refractivity contribution is 0.122. The molecule has 0 aliphatic carbocycles. The predicted molar refractivity (Wildman–Crippen MR) is 72.7 cm³/mol. The van der Waals surface area contributed by atoms with Gasteiger partial charge in [0.2, 0.25) is 5.95 Å². The highest BCUT2D eigenvalue weighted by Gasteiger charge is 2.17. The van der Waals surface area contributed by atoms with Crippen LogP contribution in [0, 0.1) is 13.8 Å². The molecule has 96 valence electrons. The SMILES string of the molecule is Cc1sc2nc(N3CCOCC3)[nH]c(=O)c2c1C. The molecule has 1 saturated heterocycles. The highest BCUT2D eigenvalue weighted by Crippen LogP contribution is 2.26. The second kappa shape index (κ2) is 4.37. The average Bonchev–Trinajstić information content (AvgIpc) is 2.66. The molecule has 2 aromatic heterocycles. The van der Waals surface area contributed by atoms with Crippen molar-refractivity contribution in [3.63, 3.8) is 0 Å². The highest BCUT2D eigenvalue weighted by atomic mass is 32.1. The number of H-pyrrole nitrogens is 1. The summed E-state index contributed by atoms with van der Waals surface area (Å²) in [5.41, 5.74) is 1.00. The van der Waals surface area contributed by atoms with Gasteiger partial charge in [-0.2, -0.15) is 0 Å². The fourth-order valence-electron chi connectivity index (χ4n) is 2.17. The molecule has 0 saturated carbocycles. The molecule has 5 nitrogen and oxygen atoms in total. The molecule has 2 aromatic rings. The molecule has 0 amide bonds. The van der Waals surface area contributed by atoms with Crippen LogP contribution in [0.3, 0.4) is 0 Å². The van der Waals surface area contributed by atoms with Gasteiger partial charge >= 0.3 is 0 Å². The summed E-state index contributed by atoms with van der Waals surface area (Å²) in [6.07, 6.45) is 0. The number of ether oxygens (including phenoxy) is 1. The molecule has 0 unspecified atom stereocenters. The summed E-state index contributed by atoms with van der Waals surface area (Å²) < 4.78 is 5.30. The number of nitrogens with one attached hydrogen (secondary N) is 1. The lowest BCUT2D eigenvalue weighted by atomic mass is 10.2. The largest absolute Gasteiger partial charge is 0.378 e. The molecular formula is C12H15N3O2S. The van der Waals surface area contributed by atoms with Crippen LogP contribution in [0.15, 0.2) is 4.79 Å². The zero-order valence-electron chi connectivity index (χ0n) is 10.4. The smallest absolute Gasteiger partial charge is 0.261 e. The minimum atomic E-state index is -0.0386. The van der Waals surface area contributed by atoms with Crippen LogP contribution in [0.4, 0.5) is 5.95 Å². The summed E-state index contributed by atoms with van der Waals surface area (Å²) in [5, 5.41) is 0.731. The summed E-state index contributed by atoms with van der Waals surface area (Å²) >= 11 is 1.58. The van der Waals surface area contributed by atoms with Crippen molar-refractivity contribution in [3.05, 3.63) is 20.8 Å². The molecule has 0 atom stereocenters. The quantitative estimate of drug-likeness (QED) is 0.847. The molecule has 3 heterocycles. The minimum absolute atomic E-state index is 0.0386. The van der Waals surface area contributed by atoms with E-state index in [0.29, 0.717) is 19.2 Å². The zero-order valence-corrected chi connectivity index (χ0v) is 11.3. The van der Waals surface area contributed by atoms with Crippen molar-refractivity contribution in [2.24, 2.45) is 0 Å². The van der Waals surface area contributed by atoms with Crippen LogP contribution in [-0.2, 0) is 4.74 Å². The molecule has 18 heavy (non-hydrogen) atoms. The standard InChI is InChI=1S/C12H15N3O2S/c1-7-8(2)18-11-9(7)10(16)13-12(14-11)15-3-5-17-6-4-15/h3-6H2,1-2H3,(H,13,14,16). The van der Waals surface area contributed by atoms with Crippen molar-refractivity contribution in [1.82, 2.24) is 9.97 Å². The first-order valence-corrected chi connectivity index (χ1v) is 6.81. The number of hydrogen-bond acceptors (Lipinski definition) is 5. The summed E-state index contributed by atoms with van der Waals surface area (Å²) in [5.74, 6) is 0.664. The first-order valence-electron chi connectivity index (χ1n) is 5.99. The summed E-state index contributed by atoms with van der Waals surface area (Å²) in [6.45, 7) is 6.92. The van der Waals surface area contributed by atoms with E-state index in [1.54, 1.807) is 11.3 Å². The second-order valence-electron chi connectivity index (χ2n) is 4.45. The van der Waals surface area contributed by atoms with Crippen molar-refractivity contribution in [1.29, 1.82) is 0 Å². The molecule has 3 rings (SSSR count). The third-order valence-corrected chi connectivity index (χ3v) is 4.44. The predicted octanol–water partition coefficient (Wildman–Crippen LogP) is 1.44. The molecule has 1 fully saturated rings. The Bertz CT molecular complexity index is 641. The molecule has 0 spiro atoms. The normalized spacial score (nSPS) is 16.4. The van der Waals surface area contributed by atoms with E-state index in [-0.39, 0.29) is 5.56 Å². The van der Waals surface area contributed by atoms with Crippen LogP contribution < -0.4 is 10.5 Å². The van der Waals surface area contributed by atoms with Crippen molar-refractivity contribution in [2.45, 2.75) is 13.8 Å². The summed E-state index contributed by atoms with van der Waals surface area (Å²) in [7, 11) is 0. The lowest BCUT2D eigenvalue weighted by Crippen LogP contribution is -2.38. The second-order valence-corrected chi connectivity index (χ2v) is 5.66. The van der Waals surface area contributed by atoms with E-state index in [1.165, 1.54) is 0 Å². The number of aryl methyl sites for hydroxylation is 2. The topological polar surface area (TPSA) is 58.2 Å². The zero-order chi connectivity index (χ0) is 12.7. The number of aromatic amines is 1. The van der Waals surface area contributed by atoms with Crippen LogP contribution >= 0.6 is 11.3 Å². The maximum absolute atomic E-state index is 12.1. The number of nitrogens with zero attached hydrogens (tertiary/aromatic N) is 2. The number of aromatic nitrogens is 2. The first kappa shape index (κ1) is 11.7. The Balaban J connectivity index is 2.12. The van der Waals surface area contributed by atoms with Crippen molar-refractivity contribution < 1.29 is 4.74 Å². The molecule has 1 aliphatic rings. The maximum Gasteiger partial charge on any atom is 0.261 e. The highest BCUT2D eigenvalue weighted by molar-refractivity contribution is 7.18. The summed E-state index contributed by atoms with van der Waals surface area (Å²) in [6, 6.07) is 0. The summed E-state index contributed by atoms with van der Waals surface area (Å²) in [4.78, 5) is 23.6. The van der Waals surface area contributed by atoms with E-state index >= 15 is 0 Å². The van der Waals surface area contributed by atoms with Crippen molar-refractivity contribution in [2.75, 3.05) is 31.2 Å². The number of thiophene rings is 1. The van der Waals surface area contributed by atoms with E-state index in [9.17, 15) is 4.79 Å². The lowest BCUT2D eigenvalue weighted by Gasteiger charge is -2.26. The molecule has 0 aromatic carbocycles. The Morgan fingerprint density at radius 3 is 2.78 bits per heavy atom. The average molecular weight is 265 g/mol. The molecule has 0 bridgehead atoms. The van der Waals surface area contributed by atoms with Gasteiger partial charge in [-0.25, -0.2) is 4.98 Å². The molecule has 0 radical (unpaired) electrons. The number of fused-ring (bicyclic) bond motifs is 1. The van der Waals surface area contributed by atoms with Gasteiger partial charge in [-0.3, -0.25) is 9.78 Å². The van der Waals surface area contributed by atoms with E-state index < -0.39 is 0 Å². The Hall–Kier alpha value is -1.40. The Labute approximate surface area is 108 Å². The van der Waals surface area contributed by atoms with Gasteiger partial charge in [0.05, 0.1) is 18.6 Å². The van der Waals surface area contributed by atoms with E-state index in [4.69, 9.17) is 4.74 Å². The number of hydrogen-bond donors (Lipinski definition) is 1. The van der Waals surface area contributed by atoms with Crippen LogP contribution in [0.2, 0.25) is 0 Å². The molecule has 1 N–H and O–H groups in total. The third kappa shape index (κ3) is 1.81. The fourth-order valence-corrected chi connectivity index (χ4v) is 3.19. The number of rotatable bonds is 1. The third-order valence-electron chi connectivity index (χ3n) is 3.34. The Morgan fingerprint density at radius 1 is 1.33 bits per heavy atom. The van der Waals surface area contributed by atoms with Crippen molar-refractivity contribution in [3.8, 4) is 0 Å². The van der Waals surface area contributed by atoms with E-state index in [0.717, 1.165) is 33.7 Å². The van der Waals surface area contributed by atoms with Gasteiger partial charge in [0, 0.05) is 18.0 Å². The van der Waals surface area contributed by atoms with Gasteiger partial charge in [-0.15, -0.1) is 11.3 Å². The van der Waals surface area contributed by atoms with Crippen LogP contribution in [-0.4, -0.2) is 36.3 Å². The molecule has 1 aliphatic heterocycles. The maximum atomic E-state index is 12.1. The minimum Gasteiger partial charge on any atom is -0.378 e. The molecule has 6 heteroatoms. The Kier molecular flexibility index (Phi) is 2.83. The van der Waals surface area contributed by atoms with E-state index in [1.807, 2.05) is 13.8 Å².